The summed E-state index contributed by atoms with van der Waals surface area (Å²) in [5, 5.41) is 8.12. The van der Waals surface area contributed by atoms with Crippen LogP contribution in [0, 0.1) is 6.92 Å². The minimum absolute atomic E-state index is 0.111. The summed E-state index contributed by atoms with van der Waals surface area (Å²) in [6.45, 7) is 7.76. The van der Waals surface area contributed by atoms with Gasteiger partial charge in [-0.25, -0.2) is 4.98 Å². The van der Waals surface area contributed by atoms with Gasteiger partial charge >= 0.3 is 0 Å². The summed E-state index contributed by atoms with van der Waals surface area (Å²) in [4.78, 5) is 16.3. The molecule has 0 aliphatic heterocycles. The van der Waals surface area contributed by atoms with E-state index in [2.05, 4.69) is 15.4 Å². The number of hydrogen-bond donors (Lipinski definition) is 1. The van der Waals surface area contributed by atoms with Gasteiger partial charge in [0.05, 0.1) is 11.3 Å². The minimum Gasteiger partial charge on any atom is -0.347 e. The molecule has 2 aromatic rings. The standard InChI is InChI=1S/C13H18N4O/c1-8-10-6-9(12(18)15-13(2,3)4)7-14-11(10)17(5)16-8/h6-7H,1-5H3,(H,15,18). The van der Waals surface area contributed by atoms with Crippen molar-refractivity contribution in [3.05, 3.63) is 23.5 Å². The molecule has 5 heteroatoms. The lowest BCUT2D eigenvalue weighted by Crippen LogP contribution is -2.40. The summed E-state index contributed by atoms with van der Waals surface area (Å²) < 4.78 is 1.72. The summed E-state index contributed by atoms with van der Waals surface area (Å²) >= 11 is 0. The van der Waals surface area contributed by atoms with Crippen molar-refractivity contribution in [2.24, 2.45) is 7.05 Å². The summed E-state index contributed by atoms with van der Waals surface area (Å²) in [7, 11) is 1.84. The fourth-order valence-electron chi connectivity index (χ4n) is 1.84. The molecule has 2 rings (SSSR count). The van der Waals surface area contributed by atoms with E-state index in [4.69, 9.17) is 0 Å². The van der Waals surface area contributed by atoms with Crippen LogP contribution in [0.1, 0.15) is 36.8 Å². The quantitative estimate of drug-likeness (QED) is 0.834. The Bertz CT molecular complexity index is 607. The molecule has 0 unspecified atom stereocenters. The molecule has 0 atom stereocenters. The predicted octanol–water partition coefficient (Wildman–Crippen LogP) is 1.81. The Hall–Kier alpha value is -1.91. The average molecular weight is 246 g/mol. The Morgan fingerprint density at radius 3 is 2.67 bits per heavy atom. The lowest BCUT2D eigenvalue weighted by atomic mass is 10.1. The van der Waals surface area contributed by atoms with Crippen LogP contribution in [0.25, 0.3) is 11.0 Å². The second kappa shape index (κ2) is 4.08. The zero-order chi connectivity index (χ0) is 13.5. The maximum atomic E-state index is 12.0. The Balaban J connectivity index is 2.41. The highest BCUT2D eigenvalue weighted by atomic mass is 16.1. The van der Waals surface area contributed by atoms with Crippen molar-refractivity contribution in [2.75, 3.05) is 0 Å². The molecule has 0 radical (unpaired) electrons. The molecule has 0 aromatic carbocycles. The largest absolute Gasteiger partial charge is 0.347 e. The number of hydrogen-bond acceptors (Lipinski definition) is 3. The first-order valence-corrected chi connectivity index (χ1v) is 5.90. The first-order chi connectivity index (χ1) is 8.28. The van der Waals surface area contributed by atoms with E-state index >= 15 is 0 Å². The molecule has 0 fully saturated rings. The SMILES string of the molecule is Cc1nn(C)c2ncc(C(=O)NC(C)(C)C)cc12. The fourth-order valence-corrected chi connectivity index (χ4v) is 1.84. The van der Waals surface area contributed by atoms with E-state index < -0.39 is 0 Å². The highest BCUT2D eigenvalue weighted by molar-refractivity contribution is 5.97. The van der Waals surface area contributed by atoms with Gasteiger partial charge in [-0.15, -0.1) is 0 Å². The van der Waals surface area contributed by atoms with Crippen LogP contribution in [0.2, 0.25) is 0 Å². The Kier molecular flexibility index (Phi) is 2.84. The summed E-state index contributed by atoms with van der Waals surface area (Å²) in [6.07, 6.45) is 1.59. The first kappa shape index (κ1) is 12.5. The molecule has 0 bridgehead atoms. The van der Waals surface area contributed by atoms with Crippen molar-refractivity contribution in [2.45, 2.75) is 33.2 Å². The molecular formula is C13H18N4O. The molecule has 1 amide bonds. The fraction of sp³-hybridized carbons (Fsp3) is 0.462. The third-order valence-corrected chi connectivity index (χ3v) is 2.61. The summed E-state index contributed by atoms with van der Waals surface area (Å²) in [6, 6.07) is 1.84. The molecule has 0 saturated heterocycles. The number of rotatable bonds is 1. The third-order valence-electron chi connectivity index (χ3n) is 2.61. The van der Waals surface area contributed by atoms with Crippen molar-refractivity contribution in [3.8, 4) is 0 Å². The van der Waals surface area contributed by atoms with Gasteiger partial charge < -0.3 is 5.32 Å². The highest BCUT2D eigenvalue weighted by Gasteiger charge is 2.17. The van der Waals surface area contributed by atoms with Crippen molar-refractivity contribution in [1.82, 2.24) is 20.1 Å². The van der Waals surface area contributed by atoms with E-state index in [1.807, 2.05) is 40.8 Å². The topological polar surface area (TPSA) is 59.8 Å². The van der Waals surface area contributed by atoms with Gasteiger partial charge in [0.25, 0.3) is 5.91 Å². The number of aromatic nitrogens is 3. The van der Waals surface area contributed by atoms with Gasteiger partial charge in [-0.2, -0.15) is 5.10 Å². The normalized spacial score (nSPS) is 11.8. The van der Waals surface area contributed by atoms with Gasteiger partial charge in [0.1, 0.15) is 0 Å². The van der Waals surface area contributed by atoms with Gasteiger partial charge in [-0.05, 0) is 33.8 Å². The Morgan fingerprint density at radius 1 is 1.39 bits per heavy atom. The smallest absolute Gasteiger partial charge is 0.253 e. The molecule has 0 spiro atoms. The van der Waals surface area contributed by atoms with Gasteiger partial charge in [0, 0.05) is 24.2 Å². The molecule has 0 aliphatic carbocycles. The molecule has 0 saturated carbocycles. The van der Waals surface area contributed by atoms with Crippen LogP contribution < -0.4 is 5.32 Å². The van der Waals surface area contributed by atoms with E-state index in [-0.39, 0.29) is 11.4 Å². The minimum atomic E-state index is -0.254. The van der Waals surface area contributed by atoms with Crippen molar-refractivity contribution in [1.29, 1.82) is 0 Å². The van der Waals surface area contributed by atoms with Crippen molar-refractivity contribution >= 4 is 16.9 Å². The molecule has 1 N–H and O–H groups in total. The van der Waals surface area contributed by atoms with Gasteiger partial charge in [-0.3, -0.25) is 9.48 Å². The number of amides is 1. The second-order valence-electron chi connectivity index (χ2n) is 5.51. The number of carbonyl (C=O) groups excluding carboxylic acids is 1. The van der Waals surface area contributed by atoms with Gasteiger partial charge in [-0.1, -0.05) is 0 Å². The third kappa shape index (κ3) is 2.34. The van der Waals surface area contributed by atoms with Crippen LogP contribution in [-0.4, -0.2) is 26.2 Å². The molecule has 96 valence electrons. The maximum Gasteiger partial charge on any atom is 0.253 e. The zero-order valence-electron chi connectivity index (χ0n) is 11.4. The summed E-state index contributed by atoms with van der Waals surface area (Å²) in [5.41, 5.74) is 1.98. The summed E-state index contributed by atoms with van der Waals surface area (Å²) in [5.74, 6) is -0.111. The Morgan fingerprint density at radius 2 is 2.06 bits per heavy atom. The monoisotopic (exact) mass is 246 g/mol. The second-order valence-corrected chi connectivity index (χ2v) is 5.51. The number of nitrogens with one attached hydrogen (secondary N) is 1. The maximum absolute atomic E-state index is 12.0. The van der Waals surface area contributed by atoms with Gasteiger partial charge in [0.2, 0.25) is 0 Å². The van der Waals surface area contributed by atoms with Crippen LogP contribution in [0.3, 0.4) is 0 Å². The Labute approximate surface area is 106 Å². The van der Waals surface area contributed by atoms with E-state index in [1.54, 1.807) is 10.9 Å². The van der Waals surface area contributed by atoms with Crippen molar-refractivity contribution < 1.29 is 4.79 Å². The average Bonchev–Trinajstić information content (AvgIpc) is 2.52. The molecule has 2 heterocycles. The molecule has 18 heavy (non-hydrogen) atoms. The number of nitrogens with zero attached hydrogens (tertiary/aromatic N) is 3. The first-order valence-electron chi connectivity index (χ1n) is 5.90. The molecule has 0 aliphatic rings. The molecule has 5 nitrogen and oxygen atoms in total. The van der Waals surface area contributed by atoms with E-state index in [0.29, 0.717) is 5.56 Å². The van der Waals surface area contributed by atoms with E-state index in [9.17, 15) is 4.79 Å². The lowest BCUT2D eigenvalue weighted by molar-refractivity contribution is 0.0919. The lowest BCUT2D eigenvalue weighted by Gasteiger charge is -2.20. The van der Waals surface area contributed by atoms with Crippen LogP contribution in [0.4, 0.5) is 0 Å². The highest BCUT2D eigenvalue weighted by Crippen LogP contribution is 2.16. The number of aryl methyl sites for hydroxylation is 2. The zero-order valence-corrected chi connectivity index (χ0v) is 11.4. The molecule has 2 aromatic heterocycles. The van der Waals surface area contributed by atoms with Crippen LogP contribution in [-0.2, 0) is 7.05 Å². The van der Waals surface area contributed by atoms with Gasteiger partial charge in [0.15, 0.2) is 5.65 Å². The van der Waals surface area contributed by atoms with Crippen LogP contribution in [0.5, 0.6) is 0 Å². The predicted molar refractivity (Wildman–Crippen MR) is 70.5 cm³/mol. The number of fused-ring (bicyclic) bond motifs is 1. The van der Waals surface area contributed by atoms with Crippen LogP contribution in [0.15, 0.2) is 12.3 Å². The molecular weight excluding hydrogens is 228 g/mol. The number of pyridine rings is 1. The van der Waals surface area contributed by atoms with E-state index in [0.717, 1.165) is 16.7 Å². The van der Waals surface area contributed by atoms with E-state index in [1.165, 1.54) is 0 Å². The van der Waals surface area contributed by atoms with Crippen LogP contribution >= 0.6 is 0 Å². The number of carbonyl (C=O) groups is 1. The van der Waals surface area contributed by atoms with Crippen molar-refractivity contribution in [3.63, 3.8) is 0 Å².